The first-order valence-electron chi connectivity index (χ1n) is 8.59. The van der Waals surface area contributed by atoms with Gasteiger partial charge in [0.05, 0.1) is 13.2 Å². The minimum absolute atomic E-state index is 0.00802. The predicted molar refractivity (Wildman–Crippen MR) is 97.5 cm³/mol. The number of carboxylic acid groups (broad SMARTS) is 1. The van der Waals surface area contributed by atoms with Crippen molar-refractivity contribution in [2.45, 2.75) is 26.1 Å². The molecule has 0 amide bonds. The molecule has 0 spiro atoms. The second-order valence-corrected chi connectivity index (χ2v) is 6.71. The molecule has 2 heterocycles. The third-order valence-corrected chi connectivity index (χ3v) is 4.44. The molecule has 0 bridgehead atoms. The second-order valence-electron chi connectivity index (χ2n) is 6.71. The van der Waals surface area contributed by atoms with E-state index in [4.69, 9.17) is 14.9 Å². The maximum Gasteiger partial charge on any atom is 0.433 e. The first-order chi connectivity index (χ1) is 13.5. The monoisotopic (exact) mass is 409 g/mol. The van der Waals surface area contributed by atoms with Gasteiger partial charge in [-0.2, -0.15) is 13.2 Å². The average molecular weight is 409 g/mol. The predicted octanol–water partition coefficient (Wildman–Crippen LogP) is 4.27. The quantitative estimate of drug-likeness (QED) is 0.647. The van der Waals surface area contributed by atoms with Crippen molar-refractivity contribution in [1.29, 1.82) is 0 Å². The van der Waals surface area contributed by atoms with E-state index in [1.165, 1.54) is 25.3 Å². The minimum atomic E-state index is -4.63. The van der Waals surface area contributed by atoms with Crippen molar-refractivity contribution in [3.63, 3.8) is 0 Å². The summed E-state index contributed by atoms with van der Waals surface area (Å²) in [6.07, 6.45) is -4.63. The SMILES string of the molecule is COc1ccc(-c2nc(C(=O)O)c([C@@H](N)C(C)C)o2)c2ccc(C(F)(F)F)nc12. The number of rotatable bonds is 5. The van der Waals surface area contributed by atoms with Gasteiger partial charge in [0.25, 0.3) is 0 Å². The van der Waals surface area contributed by atoms with E-state index < -0.39 is 23.9 Å². The lowest BCUT2D eigenvalue weighted by Crippen LogP contribution is -2.19. The molecule has 0 aliphatic rings. The molecule has 1 atom stereocenters. The normalized spacial score (nSPS) is 13.1. The molecule has 10 heteroatoms. The summed E-state index contributed by atoms with van der Waals surface area (Å²) in [7, 11) is 1.31. The molecular formula is C19H18F3N3O4. The van der Waals surface area contributed by atoms with Crippen molar-refractivity contribution in [2.24, 2.45) is 11.7 Å². The van der Waals surface area contributed by atoms with Crippen LogP contribution in [0.25, 0.3) is 22.4 Å². The number of aromatic nitrogens is 2. The lowest BCUT2D eigenvalue weighted by atomic mass is 10.0. The molecule has 0 saturated heterocycles. The van der Waals surface area contributed by atoms with Crippen LogP contribution in [0.4, 0.5) is 13.2 Å². The van der Waals surface area contributed by atoms with Crippen molar-refractivity contribution >= 4 is 16.9 Å². The Bertz CT molecular complexity index is 1080. The zero-order chi connectivity index (χ0) is 21.5. The average Bonchev–Trinajstić information content (AvgIpc) is 3.10. The van der Waals surface area contributed by atoms with E-state index in [-0.39, 0.29) is 45.5 Å². The fraction of sp³-hybridized carbons (Fsp3) is 0.316. The number of oxazole rings is 1. The molecule has 0 fully saturated rings. The molecule has 0 aliphatic carbocycles. The van der Waals surface area contributed by atoms with Gasteiger partial charge in [0, 0.05) is 10.9 Å². The highest BCUT2D eigenvalue weighted by Crippen LogP contribution is 2.37. The maximum atomic E-state index is 13.1. The number of methoxy groups -OCH3 is 1. The third-order valence-electron chi connectivity index (χ3n) is 4.44. The first-order valence-corrected chi connectivity index (χ1v) is 8.59. The smallest absolute Gasteiger partial charge is 0.433 e. The highest BCUT2D eigenvalue weighted by Gasteiger charge is 2.33. The molecule has 2 aromatic heterocycles. The number of carbonyl (C=O) groups is 1. The summed E-state index contributed by atoms with van der Waals surface area (Å²) in [5, 5.41) is 9.71. The van der Waals surface area contributed by atoms with Gasteiger partial charge < -0.3 is 20.0 Å². The summed E-state index contributed by atoms with van der Waals surface area (Å²) in [6.45, 7) is 3.59. The Morgan fingerprint density at radius 2 is 1.90 bits per heavy atom. The Morgan fingerprint density at radius 1 is 1.21 bits per heavy atom. The van der Waals surface area contributed by atoms with Gasteiger partial charge in [0.2, 0.25) is 5.89 Å². The largest absolute Gasteiger partial charge is 0.494 e. The molecule has 7 nitrogen and oxygen atoms in total. The standard InChI is InChI=1S/C19H18F3N3O4/c1-8(2)13(23)16-15(18(26)27)25-17(29-16)10-4-6-11(28-3)14-9(10)5-7-12(24-14)19(20,21)22/h4-8,13H,23H2,1-3H3,(H,26,27)/t13-/m0/s1. The second kappa shape index (κ2) is 7.36. The van der Waals surface area contributed by atoms with Gasteiger partial charge in [-0.1, -0.05) is 13.8 Å². The lowest BCUT2D eigenvalue weighted by molar-refractivity contribution is -0.140. The van der Waals surface area contributed by atoms with Crippen LogP contribution < -0.4 is 10.5 Å². The van der Waals surface area contributed by atoms with E-state index in [0.29, 0.717) is 0 Å². The topological polar surface area (TPSA) is 111 Å². The molecule has 0 unspecified atom stereocenters. The van der Waals surface area contributed by atoms with E-state index in [9.17, 15) is 23.1 Å². The van der Waals surface area contributed by atoms with Crippen molar-refractivity contribution in [1.82, 2.24) is 9.97 Å². The Morgan fingerprint density at radius 3 is 2.45 bits per heavy atom. The number of aromatic carboxylic acids is 1. The molecule has 0 aliphatic heterocycles. The number of nitrogens with two attached hydrogens (primary N) is 1. The molecule has 154 valence electrons. The Kier molecular flexibility index (Phi) is 5.22. The van der Waals surface area contributed by atoms with E-state index in [0.717, 1.165) is 6.07 Å². The number of ether oxygens (including phenoxy) is 1. The van der Waals surface area contributed by atoms with Gasteiger partial charge in [-0.15, -0.1) is 0 Å². The number of hydrogen-bond acceptors (Lipinski definition) is 6. The van der Waals surface area contributed by atoms with E-state index in [1.807, 2.05) is 0 Å². The number of pyridine rings is 1. The summed E-state index contributed by atoms with van der Waals surface area (Å²) in [5.41, 5.74) is 4.83. The Balaban J connectivity index is 2.25. The molecule has 0 saturated carbocycles. The number of benzene rings is 1. The van der Waals surface area contributed by atoms with Gasteiger partial charge in [0.15, 0.2) is 11.5 Å². The molecule has 3 N–H and O–H groups in total. The number of halogens is 3. The molecular weight excluding hydrogens is 391 g/mol. The minimum Gasteiger partial charge on any atom is -0.494 e. The van der Waals surface area contributed by atoms with Crippen LogP contribution in [0, 0.1) is 5.92 Å². The van der Waals surface area contributed by atoms with E-state index >= 15 is 0 Å². The Labute approximate surface area is 163 Å². The summed E-state index contributed by atoms with van der Waals surface area (Å²) >= 11 is 0. The van der Waals surface area contributed by atoms with Gasteiger partial charge in [0.1, 0.15) is 17.0 Å². The molecule has 0 radical (unpaired) electrons. The van der Waals surface area contributed by atoms with Crippen LogP contribution in [0.15, 0.2) is 28.7 Å². The van der Waals surface area contributed by atoms with Crippen LogP contribution in [0.5, 0.6) is 5.75 Å². The maximum absolute atomic E-state index is 13.1. The third kappa shape index (κ3) is 3.75. The zero-order valence-corrected chi connectivity index (χ0v) is 15.7. The lowest BCUT2D eigenvalue weighted by Gasteiger charge is -2.13. The van der Waals surface area contributed by atoms with Crippen LogP contribution in [-0.2, 0) is 6.18 Å². The van der Waals surface area contributed by atoms with Crippen LogP contribution >= 0.6 is 0 Å². The Hall–Kier alpha value is -3.14. The molecule has 29 heavy (non-hydrogen) atoms. The van der Waals surface area contributed by atoms with Gasteiger partial charge >= 0.3 is 12.1 Å². The number of fused-ring (bicyclic) bond motifs is 1. The van der Waals surface area contributed by atoms with Crippen LogP contribution in [0.1, 0.15) is 41.8 Å². The number of alkyl halides is 3. The number of hydrogen-bond donors (Lipinski definition) is 2. The van der Waals surface area contributed by atoms with Gasteiger partial charge in [-0.3, -0.25) is 0 Å². The molecule has 3 aromatic rings. The fourth-order valence-electron chi connectivity index (χ4n) is 2.83. The zero-order valence-electron chi connectivity index (χ0n) is 15.7. The summed E-state index contributed by atoms with van der Waals surface area (Å²) in [5.74, 6) is -1.41. The van der Waals surface area contributed by atoms with Crippen LogP contribution in [-0.4, -0.2) is 28.2 Å². The highest BCUT2D eigenvalue weighted by molar-refractivity contribution is 5.97. The van der Waals surface area contributed by atoms with E-state index in [1.54, 1.807) is 13.8 Å². The van der Waals surface area contributed by atoms with Crippen molar-refractivity contribution < 1.29 is 32.2 Å². The number of carboxylic acids is 1. The molecule has 1 aromatic carbocycles. The highest BCUT2D eigenvalue weighted by atomic mass is 19.4. The summed E-state index contributed by atoms with van der Waals surface area (Å²) < 4.78 is 50.0. The van der Waals surface area contributed by atoms with Crippen LogP contribution in [0.3, 0.4) is 0 Å². The summed E-state index contributed by atoms with van der Waals surface area (Å²) in [4.78, 5) is 19.3. The van der Waals surface area contributed by atoms with E-state index in [2.05, 4.69) is 9.97 Å². The number of nitrogens with zero attached hydrogens (tertiary/aromatic N) is 2. The van der Waals surface area contributed by atoms with Gasteiger partial charge in [-0.25, -0.2) is 14.8 Å². The molecule has 3 rings (SSSR count). The fourth-order valence-corrected chi connectivity index (χ4v) is 2.83. The van der Waals surface area contributed by atoms with Crippen molar-refractivity contribution in [2.75, 3.05) is 7.11 Å². The van der Waals surface area contributed by atoms with Crippen LogP contribution in [0.2, 0.25) is 0 Å². The first kappa shape index (κ1) is 20.6. The van der Waals surface area contributed by atoms with Gasteiger partial charge in [-0.05, 0) is 30.2 Å². The van der Waals surface area contributed by atoms with Crippen molar-refractivity contribution in [3.8, 4) is 17.2 Å². The van der Waals surface area contributed by atoms with Crippen molar-refractivity contribution in [3.05, 3.63) is 41.4 Å². The summed E-state index contributed by atoms with van der Waals surface area (Å²) in [6, 6.07) is 4.25.